The van der Waals surface area contributed by atoms with Gasteiger partial charge in [0.25, 0.3) is 0 Å². The van der Waals surface area contributed by atoms with Crippen LogP contribution in [0.25, 0.3) is 56.2 Å². The molecular formula is C33H21N3O4. The largest absolute Gasteiger partial charge is 0.477 e. The number of carbonyl (C=O) groups is 2. The van der Waals surface area contributed by atoms with Crippen LogP contribution >= 0.6 is 0 Å². The van der Waals surface area contributed by atoms with Crippen LogP contribution < -0.4 is 0 Å². The monoisotopic (exact) mass is 523 g/mol. The van der Waals surface area contributed by atoms with Gasteiger partial charge < -0.3 is 14.8 Å². The van der Waals surface area contributed by atoms with E-state index < -0.39 is 11.9 Å². The Balaban J connectivity index is 1.53. The Kier molecular flexibility index (Phi) is 6.72. The third kappa shape index (κ3) is 4.83. The maximum atomic E-state index is 11.1. The minimum absolute atomic E-state index is 0.320. The summed E-state index contributed by atoms with van der Waals surface area (Å²) in [4.78, 5) is 22.3. The number of nitriles is 2. The van der Waals surface area contributed by atoms with Crippen LogP contribution in [0.2, 0.25) is 0 Å². The fourth-order valence-corrected chi connectivity index (χ4v) is 4.74. The number of hydrogen-bond acceptors (Lipinski definition) is 4. The molecule has 4 aromatic carbocycles. The van der Waals surface area contributed by atoms with Gasteiger partial charge in [-0.25, -0.2) is 9.59 Å². The van der Waals surface area contributed by atoms with Crippen LogP contribution in [0.4, 0.5) is 0 Å². The van der Waals surface area contributed by atoms with Gasteiger partial charge in [0.15, 0.2) is 0 Å². The zero-order valence-electron chi connectivity index (χ0n) is 21.3. The van der Waals surface area contributed by atoms with E-state index in [2.05, 4.69) is 28.8 Å². The smallest absolute Gasteiger partial charge is 0.346 e. The van der Waals surface area contributed by atoms with Gasteiger partial charge in [0.1, 0.15) is 23.3 Å². The van der Waals surface area contributed by atoms with Gasteiger partial charge in [0.05, 0.1) is 0 Å². The second-order valence-electron chi connectivity index (χ2n) is 9.22. The summed E-state index contributed by atoms with van der Waals surface area (Å²) < 4.78 is 2.14. The molecule has 5 rings (SSSR count). The van der Waals surface area contributed by atoms with Crippen LogP contribution in [-0.2, 0) is 16.6 Å². The lowest BCUT2D eigenvalue weighted by Crippen LogP contribution is -1.97. The van der Waals surface area contributed by atoms with E-state index in [1.54, 1.807) is 36.4 Å². The molecule has 0 aliphatic heterocycles. The molecule has 1 heterocycles. The van der Waals surface area contributed by atoms with E-state index in [1.807, 2.05) is 43.4 Å². The van der Waals surface area contributed by atoms with Crippen molar-refractivity contribution in [2.45, 2.75) is 0 Å². The Morgan fingerprint density at radius 3 is 1.30 bits per heavy atom. The van der Waals surface area contributed by atoms with Gasteiger partial charge in [0.2, 0.25) is 0 Å². The van der Waals surface area contributed by atoms with E-state index >= 15 is 0 Å². The van der Waals surface area contributed by atoms with Crippen LogP contribution in [0.3, 0.4) is 0 Å². The molecule has 0 saturated heterocycles. The van der Waals surface area contributed by atoms with Crippen molar-refractivity contribution in [2.24, 2.45) is 7.05 Å². The fraction of sp³-hybridized carbons (Fsp3) is 0.0303. The topological polar surface area (TPSA) is 127 Å². The molecule has 2 N–H and O–H groups in total. The van der Waals surface area contributed by atoms with Crippen molar-refractivity contribution in [1.82, 2.24) is 4.57 Å². The number of benzene rings is 4. The number of carboxylic acids is 2. The van der Waals surface area contributed by atoms with E-state index in [1.165, 1.54) is 12.2 Å². The van der Waals surface area contributed by atoms with Crippen molar-refractivity contribution in [3.05, 3.63) is 107 Å². The van der Waals surface area contributed by atoms with E-state index in [4.69, 9.17) is 20.7 Å². The summed E-state index contributed by atoms with van der Waals surface area (Å²) in [5.74, 6) is -2.52. The lowest BCUT2D eigenvalue weighted by molar-refractivity contribution is -0.133. The molecule has 5 aromatic rings. The molecule has 0 spiro atoms. The van der Waals surface area contributed by atoms with E-state index in [-0.39, 0.29) is 11.1 Å². The first-order valence-electron chi connectivity index (χ1n) is 12.2. The highest BCUT2D eigenvalue weighted by atomic mass is 16.4. The third-order valence-corrected chi connectivity index (χ3v) is 6.82. The van der Waals surface area contributed by atoms with E-state index in [9.17, 15) is 9.59 Å². The molecule has 1 aromatic heterocycles. The summed E-state index contributed by atoms with van der Waals surface area (Å²) in [6.07, 6.45) is 2.69. The number of aryl methyl sites for hydroxylation is 1. The summed E-state index contributed by atoms with van der Waals surface area (Å²) in [6.45, 7) is 0. The molecule has 7 nitrogen and oxygen atoms in total. The molecule has 7 heteroatoms. The second-order valence-corrected chi connectivity index (χ2v) is 9.22. The first-order chi connectivity index (χ1) is 19.3. The summed E-state index contributed by atoms with van der Waals surface area (Å²) in [5.41, 5.74) is 6.70. The van der Waals surface area contributed by atoms with E-state index in [0.717, 1.165) is 44.1 Å². The standard InChI is InChI=1S/C33H21N3O4/c1-36-30-12-10-24(22-6-2-20(3-7-22)14-26(18-34)32(37)38)16-28(30)29-17-25(11-13-31(29)36)23-8-4-21(5-9-23)15-27(19-35)33(39)40/h2-17H,1H3,(H,37,38)(H,39,40)/b26-14-,27-15-. The van der Waals surface area contributed by atoms with Crippen molar-refractivity contribution in [3.63, 3.8) is 0 Å². The maximum Gasteiger partial charge on any atom is 0.346 e. The minimum Gasteiger partial charge on any atom is -0.477 e. The van der Waals surface area contributed by atoms with Crippen molar-refractivity contribution in [2.75, 3.05) is 0 Å². The summed E-state index contributed by atoms with van der Waals surface area (Å²) >= 11 is 0. The van der Waals surface area contributed by atoms with Gasteiger partial charge in [-0.1, -0.05) is 60.7 Å². The molecule has 0 fully saturated rings. The SMILES string of the molecule is Cn1c2ccc(-c3ccc(/C=C(/C#N)C(=O)O)cc3)cc2c2cc(-c3ccc(/C=C(/C#N)C(=O)O)cc3)ccc21. The van der Waals surface area contributed by atoms with Gasteiger partial charge in [0, 0.05) is 28.9 Å². The van der Waals surface area contributed by atoms with Crippen LogP contribution in [0.1, 0.15) is 11.1 Å². The normalized spacial score (nSPS) is 11.8. The Hall–Kier alpha value is -5.92. The average molecular weight is 524 g/mol. The van der Waals surface area contributed by atoms with Gasteiger partial charge in [-0.05, 0) is 69.8 Å². The molecule has 0 saturated carbocycles. The first-order valence-corrected chi connectivity index (χ1v) is 12.2. The van der Waals surface area contributed by atoms with Crippen molar-refractivity contribution >= 4 is 45.9 Å². The summed E-state index contributed by atoms with van der Waals surface area (Å²) in [7, 11) is 2.02. The molecule has 0 radical (unpaired) electrons. The van der Waals surface area contributed by atoms with E-state index in [0.29, 0.717) is 11.1 Å². The van der Waals surface area contributed by atoms with Gasteiger partial charge >= 0.3 is 11.9 Å². The predicted molar refractivity (Wildman–Crippen MR) is 154 cm³/mol. The van der Waals surface area contributed by atoms with Crippen LogP contribution in [-0.4, -0.2) is 26.7 Å². The molecule has 192 valence electrons. The highest BCUT2D eigenvalue weighted by molar-refractivity contribution is 6.10. The Morgan fingerprint density at radius 1 is 0.625 bits per heavy atom. The highest BCUT2D eigenvalue weighted by Gasteiger charge is 2.12. The number of carboxylic acid groups (broad SMARTS) is 2. The van der Waals surface area contributed by atoms with Crippen molar-refractivity contribution in [3.8, 4) is 34.4 Å². The van der Waals surface area contributed by atoms with Gasteiger partial charge in [-0.15, -0.1) is 0 Å². The number of aromatic nitrogens is 1. The third-order valence-electron chi connectivity index (χ3n) is 6.82. The Labute approximate surface area is 229 Å². The number of fused-ring (bicyclic) bond motifs is 3. The number of rotatable bonds is 6. The molecule has 0 unspecified atom stereocenters. The molecule has 0 atom stereocenters. The van der Waals surface area contributed by atoms with Crippen LogP contribution in [0.5, 0.6) is 0 Å². The molecule has 40 heavy (non-hydrogen) atoms. The molecular weight excluding hydrogens is 502 g/mol. The number of hydrogen-bond donors (Lipinski definition) is 2. The Bertz CT molecular complexity index is 1820. The van der Waals surface area contributed by atoms with Crippen LogP contribution in [0, 0.1) is 22.7 Å². The minimum atomic E-state index is -1.26. The number of nitrogens with zero attached hydrogens (tertiary/aromatic N) is 3. The second kappa shape index (κ2) is 10.4. The fourth-order valence-electron chi connectivity index (χ4n) is 4.74. The maximum absolute atomic E-state index is 11.1. The lowest BCUT2D eigenvalue weighted by atomic mass is 9.99. The van der Waals surface area contributed by atoms with Crippen molar-refractivity contribution in [1.29, 1.82) is 10.5 Å². The Morgan fingerprint density at radius 2 is 0.975 bits per heavy atom. The molecule has 0 bridgehead atoms. The first kappa shape index (κ1) is 25.7. The zero-order valence-corrected chi connectivity index (χ0v) is 21.3. The zero-order chi connectivity index (χ0) is 28.4. The molecule has 0 amide bonds. The van der Waals surface area contributed by atoms with Crippen LogP contribution in [0.15, 0.2) is 96.1 Å². The van der Waals surface area contributed by atoms with Gasteiger partial charge in [-0.3, -0.25) is 0 Å². The quantitative estimate of drug-likeness (QED) is 0.189. The molecule has 0 aliphatic carbocycles. The summed E-state index contributed by atoms with van der Waals surface area (Å²) in [6, 6.07) is 30.6. The highest BCUT2D eigenvalue weighted by Crippen LogP contribution is 2.35. The molecule has 0 aliphatic rings. The summed E-state index contributed by atoms with van der Waals surface area (Å²) in [5, 5.41) is 38.4. The predicted octanol–water partition coefficient (Wildman–Crippen LogP) is 6.65. The number of aliphatic carboxylic acids is 2. The van der Waals surface area contributed by atoms with Gasteiger partial charge in [-0.2, -0.15) is 10.5 Å². The average Bonchev–Trinajstić information content (AvgIpc) is 3.25. The lowest BCUT2D eigenvalue weighted by Gasteiger charge is -2.05. The van der Waals surface area contributed by atoms with Crippen molar-refractivity contribution < 1.29 is 19.8 Å².